The maximum Gasteiger partial charge on any atom is 0.245 e. The highest BCUT2D eigenvalue weighted by atomic mass is 15.4. The molecule has 0 bridgehead atoms. The van der Waals surface area contributed by atoms with Gasteiger partial charge in [-0.3, -0.25) is 0 Å². The van der Waals surface area contributed by atoms with E-state index < -0.39 is 0 Å². The molecule has 0 unspecified atom stereocenters. The van der Waals surface area contributed by atoms with Gasteiger partial charge in [0.05, 0.1) is 11.4 Å². The van der Waals surface area contributed by atoms with E-state index in [0.29, 0.717) is 6.04 Å². The summed E-state index contributed by atoms with van der Waals surface area (Å²) in [4.78, 5) is 6.85. The maximum absolute atomic E-state index is 4.54. The van der Waals surface area contributed by atoms with E-state index in [1.807, 2.05) is 13.8 Å². The molecule has 3 rings (SSSR count). The first kappa shape index (κ1) is 9.96. The summed E-state index contributed by atoms with van der Waals surface area (Å²) in [6.07, 6.45) is 1.24. The SMILES string of the molecule is Cc1nnc(N2CC[C@H]3CNC[C@H]32)nc1C. The van der Waals surface area contributed by atoms with E-state index in [9.17, 15) is 0 Å². The Bertz CT molecular complexity index is 405. The van der Waals surface area contributed by atoms with Crippen molar-refractivity contribution in [1.29, 1.82) is 0 Å². The third-order valence-corrected chi connectivity index (χ3v) is 3.78. The van der Waals surface area contributed by atoms with Crippen LogP contribution in [0.15, 0.2) is 0 Å². The summed E-state index contributed by atoms with van der Waals surface area (Å²) in [6, 6.07) is 0.573. The Kier molecular flexibility index (Phi) is 2.28. The highest BCUT2D eigenvalue weighted by Gasteiger charge is 2.38. The normalized spacial score (nSPS) is 28.5. The summed E-state index contributed by atoms with van der Waals surface area (Å²) in [7, 11) is 0. The van der Waals surface area contributed by atoms with Gasteiger partial charge >= 0.3 is 0 Å². The summed E-state index contributed by atoms with van der Waals surface area (Å²) in [6.45, 7) is 7.21. The third-order valence-electron chi connectivity index (χ3n) is 3.78. The number of fused-ring (bicyclic) bond motifs is 1. The Balaban J connectivity index is 1.89. The predicted octanol–water partition coefficient (Wildman–Crippen LogP) is 0.287. The minimum Gasteiger partial charge on any atom is -0.335 e. The second-order valence-electron chi connectivity index (χ2n) is 4.75. The molecule has 1 aromatic heterocycles. The number of nitrogens with zero attached hydrogens (tertiary/aromatic N) is 4. The van der Waals surface area contributed by atoms with Crippen molar-refractivity contribution in [2.24, 2.45) is 5.92 Å². The molecule has 0 aliphatic carbocycles. The second kappa shape index (κ2) is 3.66. The number of rotatable bonds is 1. The fourth-order valence-corrected chi connectivity index (χ4v) is 2.66. The van der Waals surface area contributed by atoms with E-state index in [1.54, 1.807) is 0 Å². The average molecular weight is 219 g/mol. The fraction of sp³-hybridized carbons (Fsp3) is 0.727. The average Bonchev–Trinajstić information content (AvgIpc) is 2.83. The lowest BCUT2D eigenvalue weighted by molar-refractivity contribution is 0.574. The van der Waals surface area contributed by atoms with Crippen LogP contribution in [0.5, 0.6) is 0 Å². The van der Waals surface area contributed by atoms with E-state index in [1.165, 1.54) is 6.42 Å². The molecule has 2 saturated heterocycles. The minimum absolute atomic E-state index is 0.573. The van der Waals surface area contributed by atoms with Gasteiger partial charge in [-0.2, -0.15) is 5.10 Å². The number of hydrogen-bond donors (Lipinski definition) is 1. The summed E-state index contributed by atoms with van der Waals surface area (Å²) >= 11 is 0. The van der Waals surface area contributed by atoms with Crippen LogP contribution in [0.2, 0.25) is 0 Å². The van der Waals surface area contributed by atoms with Crippen LogP contribution >= 0.6 is 0 Å². The van der Waals surface area contributed by atoms with Crippen molar-refractivity contribution < 1.29 is 0 Å². The molecule has 5 heteroatoms. The first-order valence-electron chi connectivity index (χ1n) is 5.91. The molecule has 1 aromatic rings. The van der Waals surface area contributed by atoms with Gasteiger partial charge in [-0.05, 0) is 26.2 Å². The second-order valence-corrected chi connectivity index (χ2v) is 4.75. The van der Waals surface area contributed by atoms with Gasteiger partial charge in [0.2, 0.25) is 5.95 Å². The van der Waals surface area contributed by atoms with E-state index >= 15 is 0 Å². The molecule has 3 heterocycles. The van der Waals surface area contributed by atoms with Crippen molar-refractivity contribution in [3.8, 4) is 0 Å². The van der Waals surface area contributed by atoms with Gasteiger partial charge in [-0.25, -0.2) is 4.98 Å². The number of hydrogen-bond acceptors (Lipinski definition) is 5. The monoisotopic (exact) mass is 219 g/mol. The molecule has 86 valence electrons. The van der Waals surface area contributed by atoms with Gasteiger partial charge in [0, 0.05) is 25.7 Å². The summed E-state index contributed by atoms with van der Waals surface area (Å²) < 4.78 is 0. The van der Waals surface area contributed by atoms with E-state index in [0.717, 1.165) is 42.9 Å². The Morgan fingerprint density at radius 3 is 2.88 bits per heavy atom. The zero-order valence-electron chi connectivity index (χ0n) is 9.77. The van der Waals surface area contributed by atoms with Gasteiger partial charge in [-0.15, -0.1) is 5.10 Å². The lowest BCUT2D eigenvalue weighted by atomic mass is 10.1. The molecule has 0 spiro atoms. The quantitative estimate of drug-likeness (QED) is 0.735. The lowest BCUT2D eigenvalue weighted by Gasteiger charge is -2.22. The molecule has 16 heavy (non-hydrogen) atoms. The predicted molar refractivity (Wildman–Crippen MR) is 61.4 cm³/mol. The van der Waals surface area contributed by atoms with Crippen LogP contribution in [0.25, 0.3) is 0 Å². The van der Waals surface area contributed by atoms with Crippen LogP contribution in [0, 0.1) is 19.8 Å². The van der Waals surface area contributed by atoms with Gasteiger partial charge < -0.3 is 10.2 Å². The molecule has 1 N–H and O–H groups in total. The summed E-state index contributed by atoms with van der Waals surface area (Å²) in [5.74, 6) is 1.57. The maximum atomic E-state index is 4.54. The number of aromatic nitrogens is 3. The van der Waals surface area contributed by atoms with Crippen LogP contribution < -0.4 is 10.2 Å². The smallest absolute Gasteiger partial charge is 0.245 e. The lowest BCUT2D eigenvalue weighted by Crippen LogP contribution is -2.35. The van der Waals surface area contributed by atoms with Crippen molar-refractivity contribution in [3.05, 3.63) is 11.4 Å². The number of aryl methyl sites for hydroxylation is 2. The standard InChI is InChI=1S/C11H17N5/c1-7-8(2)14-15-11(13-7)16-4-3-9-5-12-6-10(9)16/h9-10,12H,3-6H2,1-2H3/t9-,10+/m0/s1. The molecule has 2 fully saturated rings. The van der Waals surface area contributed by atoms with Crippen LogP contribution in [0.4, 0.5) is 5.95 Å². The molecule has 0 aromatic carbocycles. The first-order valence-corrected chi connectivity index (χ1v) is 5.91. The number of nitrogens with one attached hydrogen (secondary N) is 1. The first-order chi connectivity index (χ1) is 7.75. The molecular formula is C11H17N5. The molecule has 0 radical (unpaired) electrons. The molecular weight excluding hydrogens is 202 g/mol. The number of anilines is 1. The topological polar surface area (TPSA) is 53.9 Å². The van der Waals surface area contributed by atoms with E-state index in [-0.39, 0.29) is 0 Å². The molecule has 2 aliphatic rings. The van der Waals surface area contributed by atoms with Gasteiger partial charge in [-0.1, -0.05) is 0 Å². The summed E-state index contributed by atoms with van der Waals surface area (Å²) in [5, 5.41) is 11.8. The van der Waals surface area contributed by atoms with Crippen LogP contribution in [-0.2, 0) is 0 Å². The molecule has 5 nitrogen and oxygen atoms in total. The molecule has 2 atom stereocenters. The van der Waals surface area contributed by atoms with Crippen molar-refractivity contribution in [2.75, 3.05) is 24.5 Å². The molecule has 0 amide bonds. The van der Waals surface area contributed by atoms with Crippen LogP contribution in [-0.4, -0.2) is 40.9 Å². The minimum atomic E-state index is 0.573. The summed E-state index contributed by atoms with van der Waals surface area (Å²) in [5.41, 5.74) is 1.91. The largest absolute Gasteiger partial charge is 0.335 e. The zero-order valence-corrected chi connectivity index (χ0v) is 9.77. The van der Waals surface area contributed by atoms with Crippen molar-refractivity contribution >= 4 is 5.95 Å². The van der Waals surface area contributed by atoms with Crippen LogP contribution in [0.3, 0.4) is 0 Å². The van der Waals surface area contributed by atoms with Crippen molar-refractivity contribution in [1.82, 2.24) is 20.5 Å². The van der Waals surface area contributed by atoms with E-state index in [2.05, 4.69) is 25.4 Å². The van der Waals surface area contributed by atoms with Crippen LogP contribution in [0.1, 0.15) is 17.8 Å². The zero-order chi connectivity index (χ0) is 11.1. The molecule has 2 aliphatic heterocycles. The Morgan fingerprint density at radius 1 is 1.19 bits per heavy atom. The fourth-order valence-electron chi connectivity index (χ4n) is 2.66. The van der Waals surface area contributed by atoms with Gasteiger partial charge in [0.1, 0.15) is 0 Å². The van der Waals surface area contributed by atoms with Gasteiger partial charge in [0.25, 0.3) is 0 Å². The Morgan fingerprint density at radius 2 is 2.06 bits per heavy atom. The Labute approximate surface area is 95.3 Å². The highest BCUT2D eigenvalue weighted by Crippen LogP contribution is 2.29. The van der Waals surface area contributed by atoms with Crippen molar-refractivity contribution in [3.63, 3.8) is 0 Å². The van der Waals surface area contributed by atoms with Crippen molar-refractivity contribution in [2.45, 2.75) is 26.3 Å². The highest BCUT2D eigenvalue weighted by molar-refractivity contribution is 5.35. The van der Waals surface area contributed by atoms with Gasteiger partial charge in [0.15, 0.2) is 0 Å². The van der Waals surface area contributed by atoms with E-state index in [4.69, 9.17) is 0 Å². The molecule has 0 saturated carbocycles. The third kappa shape index (κ3) is 1.46. The Hall–Kier alpha value is -1.23.